The molecular weight excluding hydrogens is 424 g/mol. The van der Waals surface area contributed by atoms with Gasteiger partial charge in [0.15, 0.2) is 0 Å². The Morgan fingerprint density at radius 2 is 1.69 bits per heavy atom. The maximum absolute atomic E-state index is 13.5. The van der Waals surface area contributed by atoms with E-state index in [0.717, 1.165) is 22.4 Å². The van der Waals surface area contributed by atoms with Crippen LogP contribution in [0.2, 0.25) is 0 Å². The Kier molecular flexibility index (Phi) is 7.53. The van der Waals surface area contributed by atoms with Crippen molar-refractivity contribution in [3.05, 3.63) is 89.5 Å². The number of aryl methyl sites for hydroxylation is 2. The van der Waals surface area contributed by atoms with Crippen LogP contribution in [-0.4, -0.2) is 27.5 Å². The van der Waals surface area contributed by atoms with Gasteiger partial charge in [-0.1, -0.05) is 48.0 Å². The molecule has 168 valence electrons. The molecule has 0 aliphatic rings. The highest BCUT2D eigenvalue weighted by molar-refractivity contribution is 7.92. The minimum absolute atomic E-state index is 0.142. The van der Waals surface area contributed by atoms with E-state index < -0.39 is 15.9 Å². The molecule has 0 aliphatic carbocycles. The Morgan fingerprint density at radius 1 is 0.969 bits per heavy atom. The van der Waals surface area contributed by atoms with E-state index in [9.17, 15) is 13.2 Å². The van der Waals surface area contributed by atoms with Crippen LogP contribution in [0.3, 0.4) is 0 Å². The van der Waals surface area contributed by atoms with Crippen LogP contribution in [0.1, 0.15) is 23.6 Å². The van der Waals surface area contributed by atoms with Gasteiger partial charge in [-0.3, -0.25) is 9.10 Å². The lowest BCUT2D eigenvalue weighted by Crippen LogP contribution is -2.41. The van der Waals surface area contributed by atoms with Gasteiger partial charge < -0.3 is 10.1 Å². The summed E-state index contributed by atoms with van der Waals surface area (Å²) in [4.78, 5) is 12.9. The number of carbonyl (C=O) groups excluding carboxylic acids is 1. The Morgan fingerprint density at radius 3 is 2.38 bits per heavy atom. The zero-order chi connectivity index (χ0) is 23.1. The maximum Gasteiger partial charge on any atom is 0.264 e. The zero-order valence-electron chi connectivity index (χ0n) is 18.5. The lowest BCUT2D eigenvalue weighted by molar-refractivity contribution is -0.119. The first kappa shape index (κ1) is 23.3. The van der Waals surface area contributed by atoms with E-state index in [-0.39, 0.29) is 18.0 Å². The predicted octanol–water partition coefficient (Wildman–Crippen LogP) is 4.21. The summed E-state index contributed by atoms with van der Waals surface area (Å²) in [6, 6.07) is 21.2. The van der Waals surface area contributed by atoms with E-state index in [4.69, 9.17) is 4.74 Å². The fourth-order valence-corrected chi connectivity index (χ4v) is 4.76. The molecular formula is C25H28N2O4S. The molecule has 1 amide bonds. The van der Waals surface area contributed by atoms with Crippen molar-refractivity contribution in [3.63, 3.8) is 0 Å². The Bertz CT molecular complexity index is 1170. The topological polar surface area (TPSA) is 75.7 Å². The molecule has 0 atom stereocenters. The first-order chi connectivity index (χ1) is 15.3. The number of amides is 1. The summed E-state index contributed by atoms with van der Waals surface area (Å²) in [6.45, 7) is 6.12. The largest absolute Gasteiger partial charge is 0.494 e. The minimum atomic E-state index is -3.93. The number of ether oxygens (including phenoxy) is 1. The summed E-state index contributed by atoms with van der Waals surface area (Å²) >= 11 is 0. The number of nitrogens with zero attached hydrogens (tertiary/aromatic N) is 1. The zero-order valence-corrected chi connectivity index (χ0v) is 19.4. The number of para-hydroxylation sites is 1. The average molecular weight is 453 g/mol. The third-order valence-electron chi connectivity index (χ3n) is 4.98. The molecule has 0 aliphatic heterocycles. The summed E-state index contributed by atoms with van der Waals surface area (Å²) in [7, 11) is -3.93. The van der Waals surface area contributed by atoms with Gasteiger partial charge in [-0.25, -0.2) is 8.42 Å². The second-order valence-corrected chi connectivity index (χ2v) is 9.33. The highest BCUT2D eigenvalue weighted by Gasteiger charge is 2.28. The molecule has 3 aromatic carbocycles. The van der Waals surface area contributed by atoms with Crippen molar-refractivity contribution in [2.24, 2.45) is 0 Å². The SMILES string of the molecule is CCOc1cccc(CNC(=O)CN(c2ccccc2C)S(=O)(=O)c2ccc(C)cc2)c1. The molecule has 3 rings (SSSR count). The molecule has 0 radical (unpaired) electrons. The second-order valence-electron chi connectivity index (χ2n) is 7.47. The van der Waals surface area contributed by atoms with Gasteiger partial charge in [0.05, 0.1) is 17.2 Å². The molecule has 3 aromatic rings. The Hall–Kier alpha value is -3.32. The smallest absolute Gasteiger partial charge is 0.264 e. The first-order valence-corrected chi connectivity index (χ1v) is 11.9. The third kappa shape index (κ3) is 5.68. The van der Waals surface area contributed by atoms with E-state index in [0.29, 0.717) is 12.3 Å². The van der Waals surface area contributed by atoms with Gasteiger partial charge in [-0.2, -0.15) is 0 Å². The molecule has 32 heavy (non-hydrogen) atoms. The molecule has 0 saturated carbocycles. The minimum Gasteiger partial charge on any atom is -0.494 e. The second kappa shape index (κ2) is 10.3. The van der Waals surface area contributed by atoms with Crippen molar-refractivity contribution in [1.82, 2.24) is 5.32 Å². The van der Waals surface area contributed by atoms with Crippen LogP contribution < -0.4 is 14.4 Å². The van der Waals surface area contributed by atoms with E-state index in [1.54, 1.807) is 36.4 Å². The highest BCUT2D eigenvalue weighted by Crippen LogP contribution is 2.26. The number of hydrogen-bond acceptors (Lipinski definition) is 4. The van der Waals surface area contributed by atoms with Crippen LogP contribution in [0.25, 0.3) is 0 Å². The molecule has 0 spiro atoms. The highest BCUT2D eigenvalue weighted by atomic mass is 32.2. The monoisotopic (exact) mass is 452 g/mol. The number of hydrogen-bond donors (Lipinski definition) is 1. The summed E-state index contributed by atoms with van der Waals surface area (Å²) in [5, 5.41) is 2.82. The number of nitrogens with one attached hydrogen (secondary N) is 1. The maximum atomic E-state index is 13.5. The Balaban J connectivity index is 1.83. The molecule has 0 bridgehead atoms. The fourth-order valence-electron chi connectivity index (χ4n) is 3.28. The fraction of sp³-hybridized carbons (Fsp3) is 0.240. The number of anilines is 1. The number of sulfonamides is 1. The molecule has 6 nitrogen and oxygen atoms in total. The van der Waals surface area contributed by atoms with Crippen LogP contribution in [-0.2, 0) is 21.4 Å². The lowest BCUT2D eigenvalue weighted by atomic mass is 10.2. The van der Waals surface area contributed by atoms with Crippen LogP contribution in [0.15, 0.2) is 77.7 Å². The van der Waals surface area contributed by atoms with Gasteiger partial charge in [0, 0.05) is 6.54 Å². The van der Waals surface area contributed by atoms with Gasteiger partial charge in [-0.05, 0) is 62.2 Å². The average Bonchev–Trinajstić information content (AvgIpc) is 2.77. The van der Waals surface area contributed by atoms with Crippen molar-refractivity contribution in [2.45, 2.75) is 32.2 Å². The molecule has 0 aromatic heterocycles. The number of rotatable bonds is 9. The van der Waals surface area contributed by atoms with E-state index >= 15 is 0 Å². The van der Waals surface area contributed by atoms with Crippen molar-refractivity contribution in [2.75, 3.05) is 17.5 Å². The molecule has 0 unspecified atom stereocenters. The molecule has 0 saturated heterocycles. The molecule has 0 fully saturated rings. The Labute approximate surface area is 189 Å². The summed E-state index contributed by atoms with van der Waals surface area (Å²) < 4.78 is 33.6. The lowest BCUT2D eigenvalue weighted by Gasteiger charge is -2.25. The van der Waals surface area contributed by atoms with E-state index in [1.165, 1.54) is 4.31 Å². The van der Waals surface area contributed by atoms with Gasteiger partial charge >= 0.3 is 0 Å². The standard InChI is InChI=1S/C25H28N2O4S/c1-4-31-22-10-7-9-21(16-22)17-26-25(28)18-27(24-11-6-5-8-20(24)3)32(29,30)23-14-12-19(2)13-15-23/h5-16H,4,17-18H2,1-3H3,(H,26,28). The quantitative estimate of drug-likeness (QED) is 0.528. The van der Waals surface area contributed by atoms with Crippen molar-refractivity contribution >= 4 is 21.6 Å². The van der Waals surface area contributed by atoms with Crippen LogP contribution in [0.4, 0.5) is 5.69 Å². The first-order valence-electron chi connectivity index (χ1n) is 10.4. The van der Waals surface area contributed by atoms with Crippen molar-refractivity contribution in [3.8, 4) is 5.75 Å². The van der Waals surface area contributed by atoms with Gasteiger partial charge in [0.2, 0.25) is 5.91 Å². The third-order valence-corrected chi connectivity index (χ3v) is 6.75. The summed E-state index contributed by atoms with van der Waals surface area (Å²) in [5.41, 5.74) is 3.06. The van der Waals surface area contributed by atoms with Crippen LogP contribution >= 0.6 is 0 Å². The number of carbonyl (C=O) groups is 1. The molecule has 7 heteroatoms. The van der Waals surface area contributed by atoms with Gasteiger partial charge in [0.25, 0.3) is 10.0 Å². The van der Waals surface area contributed by atoms with Gasteiger partial charge in [-0.15, -0.1) is 0 Å². The molecule has 0 heterocycles. The number of benzene rings is 3. The predicted molar refractivity (Wildman–Crippen MR) is 126 cm³/mol. The van der Waals surface area contributed by atoms with Crippen LogP contribution in [0.5, 0.6) is 5.75 Å². The normalized spacial score (nSPS) is 11.1. The van der Waals surface area contributed by atoms with E-state index in [1.807, 2.05) is 57.2 Å². The van der Waals surface area contributed by atoms with Gasteiger partial charge in [0.1, 0.15) is 12.3 Å². The summed E-state index contributed by atoms with van der Waals surface area (Å²) in [5.74, 6) is 0.327. The van der Waals surface area contributed by atoms with Crippen molar-refractivity contribution < 1.29 is 17.9 Å². The van der Waals surface area contributed by atoms with Crippen molar-refractivity contribution in [1.29, 1.82) is 0 Å². The summed E-state index contributed by atoms with van der Waals surface area (Å²) in [6.07, 6.45) is 0. The van der Waals surface area contributed by atoms with E-state index in [2.05, 4.69) is 5.32 Å². The molecule has 1 N–H and O–H groups in total. The van der Waals surface area contributed by atoms with Crippen LogP contribution in [0, 0.1) is 13.8 Å².